The number of nitrogens with zero attached hydrogens (tertiary/aromatic N) is 2. The van der Waals surface area contributed by atoms with E-state index < -0.39 is 10.2 Å². The van der Waals surface area contributed by atoms with Gasteiger partial charge in [-0.2, -0.15) is 12.7 Å². The molecule has 1 aliphatic rings. The fourth-order valence-corrected chi connectivity index (χ4v) is 4.06. The highest BCUT2D eigenvalue weighted by molar-refractivity contribution is 9.10. The number of aromatic nitrogens is 1. The molecule has 0 spiro atoms. The lowest BCUT2D eigenvalue weighted by Crippen LogP contribution is -2.48. The first-order chi connectivity index (χ1) is 9.04. The fraction of sp³-hybridized carbons (Fsp3) is 0.545. The molecule has 1 fully saturated rings. The van der Waals surface area contributed by atoms with Gasteiger partial charge in [-0.05, 0) is 40.9 Å². The monoisotopic (exact) mass is 349 g/mol. The number of aliphatic hydroxyl groups is 1. The minimum atomic E-state index is -3.69. The maximum absolute atomic E-state index is 12.3. The van der Waals surface area contributed by atoms with E-state index in [2.05, 4.69) is 25.6 Å². The number of anilines is 1. The number of pyridine rings is 1. The van der Waals surface area contributed by atoms with Gasteiger partial charge >= 0.3 is 10.2 Å². The zero-order valence-electron chi connectivity index (χ0n) is 10.3. The molecule has 1 atom stereocenters. The highest BCUT2D eigenvalue weighted by Crippen LogP contribution is 2.24. The molecule has 106 valence electrons. The molecule has 0 radical (unpaired) electrons. The van der Waals surface area contributed by atoms with Crippen LogP contribution in [0.5, 0.6) is 0 Å². The van der Waals surface area contributed by atoms with Crippen molar-refractivity contribution in [1.29, 1.82) is 0 Å². The summed E-state index contributed by atoms with van der Waals surface area (Å²) >= 11 is 3.25. The molecule has 1 unspecified atom stereocenters. The van der Waals surface area contributed by atoms with Gasteiger partial charge in [-0.3, -0.25) is 4.72 Å². The molecule has 1 aromatic heterocycles. The predicted octanol–water partition coefficient (Wildman–Crippen LogP) is 1.35. The molecular weight excluding hydrogens is 334 g/mol. The van der Waals surface area contributed by atoms with Crippen LogP contribution < -0.4 is 4.72 Å². The summed E-state index contributed by atoms with van der Waals surface area (Å²) in [5.41, 5.74) is 0. The summed E-state index contributed by atoms with van der Waals surface area (Å²) in [6.07, 6.45) is 3.94. The minimum Gasteiger partial charge on any atom is -0.395 e. The van der Waals surface area contributed by atoms with Crippen LogP contribution in [0, 0.1) is 0 Å². The largest absolute Gasteiger partial charge is 0.395 e. The Morgan fingerprint density at radius 3 is 3.00 bits per heavy atom. The molecule has 0 saturated carbocycles. The lowest BCUT2D eigenvalue weighted by molar-refractivity contribution is 0.156. The van der Waals surface area contributed by atoms with Gasteiger partial charge < -0.3 is 5.11 Å². The van der Waals surface area contributed by atoms with Gasteiger partial charge in [0, 0.05) is 18.8 Å². The fourth-order valence-electron chi connectivity index (χ4n) is 2.11. The molecule has 0 aromatic carbocycles. The van der Waals surface area contributed by atoms with Gasteiger partial charge in [-0.1, -0.05) is 6.42 Å². The van der Waals surface area contributed by atoms with E-state index in [0.717, 1.165) is 12.8 Å². The maximum atomic E-state index is 12.3. The summed E-state index contributed by atoms with van der Waals surface area (Å²) < 4.78 is 29.0. The van der Waals surface area contributed by atoms with E-state index in [1.54, 1.807) is 12.1 Å². The second-order valence-corrected chi connectivity index (χ2v) is 6.86. The first kappa shape index (κ1) is 14.7. The number of halogens is 1. The van der Waals surface area contributed by atoms with Crippen molar-refractivity contribution in [3.8, 4) is 0 Å². The molecule has 0 aliphatic carbocycles. The van der Waals surface area contributed by atoms with E-state index in [4.69, 9.17) is 0 Å². The van der Waals surface area contributed by atoms with Gasteiger partial charge in [-0.25, -0.2) is 4.98 Å². The second-order valence-electron chi connectivity index (χ2n) is 4.38. The Kier molecular flexibility index (Phi) is 4.77. The summed E-state index contributed by atoms with van der Waals surface area (Å²) in [4.78, 5) is 3.98. The van der Waals surface area contributed by atoms with Crippen molar-refractivity contribution in [1.82, 2.24) is 9.29 Å². The minimum absolute atomic E-state index is 0.162. The Labute approximate surface area is 121 Å². The molecule has 19 heavy (non-hydrogen) atoms. The van der Waals surface area contributed by atoms with Gasteiger partial charge in [0.1, 0.15) is 0 Å². The second kappa shape index (κ2) is 6.17. The van der Waals surface area contributed by atoms with Crippen molar-refractivity contribution < 1.29 is 13.5 Å². The standard InChI is InChI=1S/C11H16BrN3O3S/c12-10-5-3-6-13-11(10)14-19(17,18)15-7-2-1-4-9(15)8-16/h3,5-6,9,16H,1-2,4,7-8H2,(H,13,14). The average Bonchev–Trinajstić information content (AvgIpc) is 2.41. The molecule has 2 rings (SSSR count). The molecule has 8 heteroatoms. The Morgan fingerprint density at radius 2 is 2.32 bits per heavy atom. The topological polar surface area (TPSA) is 82.5 Å². The molecule has 1 aliphatic heterocycles. The van der Waals surface area contributed by atoms with Crippen LogP contribution in [0.3, 0.4) is 0 Å². The first-order valence-electron chi connectivity index (χ1n) is 6.05. The summed E-state index contributed by atoms with van der Waals surface area (Å²) in [5, 5.41) is 9.29. The van der Waals surface area contributed by atoms with Crippen LogP contribution in [0.4, 0.5) is 5.82 Å². The summed E-state index contributed by atoms with van der Waals surface area (Å²) in [6.45, 7) is 0.259. The van der Waals surface area contributed by atoms with E-state index >= 15 is 0 Å². The zero-order chi connectivity index (χ0) is 13.9. The van der Waals surface area contributed by atoms with Crippen molar-refractivity contribution in [2.75, 3.05) is 17.9 Å². The maximum Gasteiger partial charge on any atom is 0.303 e. The number of rotatable bonds is 4. The molecule has 2 N–H and O–H groups in total. The Bertz CT molecular complexity index is 538. The lowest BCUT2D eigenvalue weighted by atomic mass is 10.1. The SMILES string of the molecule is O=S(=O)(Nc1ncccc1Br)N1CCCCC1CO. The number of nitrogens with one attached hydrogen (secondary N) is 1. The van der Waals surface area contributed by atoms with Crippen molar-refractivity contribution in [2.24, 2.45) is 0 Å². The summed E-state index contributed by atoms with van der Waals surface area (Å²) in [5.74, 6) is 0.254. The Balaban J connectivity index is 2.20. The Hall–Kier alpha value is -0.700. The molecular formula is C11H16BrN3O3S. The molecule has 1 saturated heterocycles. The third kappa shape index (κ3) is 3.44. The number of hydrogen-bond donors (Lipinski definition) is 2. The Morgan fingerprint density at radius 1 is 1.53 bits per heavy atom. The zero-order valence-corrected chi connectivity index (χ0v) is 12.7. The normalized spacial score (nSPS) is 21.3. The molecule has 6 nitrogen and oxygen atoms in total. The van der Waals surface area contributed by atoms with Crippen LogP contribution in [0.2, 0.25) is 0 Å². The number of piperidine rings is 1. The van der Waals surface area contributed by atoms with E-state index in [0.29, 0.717) is 17.4 Å². The van der Waals surface area contributed by atoms with Crippen molar-refractivity contribution in [2.45, 2.75) is 25.3 Å². The van der Waals surface area contributed by atoms with Gasteiger partial charge in [0.25, 0.3) is 0 Å². The van der Waals surface area contributed by atoms with Gasteiger partial charge in [0.05, 0.1) is 11.1 Å². The third-order valence-electron chi connectivity index (χ3n) is 3.08. The van der Waals surface area contributed by atoms with Crippen LogP contribution in [-0.4, -0.2) is 42.0 Å². The van der Waals surface area contributed by atoms with E-state index in [-0.39, 0.29) is 18.5 Å². The van der Waals surface area contributed by atoms with Crippen molar-refractivity contribution >= 4 is 32.0 Å². The van der Waals surface area contributed by atoms with Gasteiger partial charge in [0.15, 0.2) is 5.82 Å². The average molecular weight is 350 g/mol. The van der Waals surface area contributed by atoms with E-state index in [1.165, 1.54) is 10.5 Å². The van der Waals surface area contributed by atoms with Crippen molar-refractivity contribution in [3.63, 3.8) is 0 Å². The smallest absolute Gasteiger partial charge is 0.303 e. The highest BCUT2D eigenvalue weighted by Gasteiger charge is 2.32. The molecule has 1 aromatic rings. The molecule has 0 amide bonds. The summed E-state index contributed by atoms with van der Waals surface area (Å²) in [6, 6.07) is 3.07. The van der Waals surface area contributed by atoms with Crippen LogP contribution in [0.25, 0.3) is 0 Å². The number of hydrogen-bond acceptors (Lipinski definition) is 4. The van der Waals surface area contributed by atoms with Gasteiger partial charge in [-0.15, -0.1) is 0 Å². The highest BCUT2D eigenvalue weighted by atomic mass is 79.9. The van der Waals surface area contributed by atoms with Crippen LogP contribution in [-0.2, 0) is 10.2 Å². The van der Waals surface area contributed by atoms with Crippen LogP contribution in [0.1, 0.15) is 19.3 Å². The van der Waals surface area contributed by atoms with Crippen molar-refractivity contribution in [3.05, 3.63) is 22.8 Å². The molecule has 2 heterocycles. The van der Waals surface area contributed by atoms with Crippen LogP contribution in [0.15, 0.2) is 22.8 Å². The first-order valence-corrected chi connectivity index (χ1v) is 8.29. The third-order valence-corrected chi connectivity index (χ3v) is 5.27. The molecule has 0 bridgehead atoms. The predicted molar refractivity (Wildman–Crippen MR) is 75.9 cm³/mol. The van der Waals surface area contributed by atoms with Gasteiger partial charge in [0.2, 0.25) is 0 Å². The van der Waals surface area contributed by atoms with E-state index in [1.807, 2.05) is 0 Å². The summed E-state index contributed by atoms with van der Waals surface area (Å²) in [7, 11) is -3.69. The van der Waals surface area contributed by atoms with E-state index in [9.17, 15) is 13.5 Å². The number of aliphatic hydroxyl groups excluding tert-OH is 1. The lowest BCUT2D eigenvalue weighted by Gasteiger charge is -2.33. The van der Waals surface area contributed by atoms with Crippen LogP contribution >= 0.6 is 15.9 Å². The quantitative estimate of drug-likeness (QED) is 0.859.